The number of benzene rings is 1. The fourth-order valence-corrected chi connectivity index (χ4v) is 5.34. The SMILES string of the molecule is CC(OC(=O)c1ccc(Cl)c(S(=O)(=O)NCC2CCCO2)c1)C(=O)N1CCCCCC1. The minimum atomic E-state index is -3.95. The summed E-state index contributed by atoms with van der Waals surface area (Å²) in [5.74, 6) is -1.02. The zero-order valence-corrected chi connectivity index (χ0v) is 19.2. The highest BCUT2D eigenvalue weighted by Crippen LogP contribution is 2.24. The van der Waals surface area contributed by atoms with Gasteiger partial charge in [-0.3, -0.25) is 4.79 Å². The van der Waals surface area contributed by atoms with Crippen molar-refractivity contribution in [1.29, 1.82) is 0 Å². The third kappa shape index (κ3) is 6.41. The Morgan fingerprint density at radius 3 is 2.58 bits per heavy atom. The minimum Gasteiger partial charge on any atom is -0.449 e. The number of esters is 1. The standard InChI is InChI=1S/C21H29ClN2O6S/c1-15(20(25)24-10-4-2-3-5-11-24)30-21(26)16-8-9-18(22)19(13-16)31(27,28)23-14-17-7-6-12-29-17/h8-9,13,15,17,23H,2-7,10-12,14H2,1H3. The molecule has 2 heterocycles. The van der Waals surface area contributed by atoms with Crippen molar-refractivity contribution in [3.8, 4) is 0 Å². The largest absolute Gasteiger partial charge is 0.449 e. The predicted molar refractivity (Wildman–Crippen MR) is 116 cm³/mol. The number of sulfonamides is 1. The lowest BCUT2D eigenvalue weighted by Crippen LogP contribution is -2.40. The second kappa shape index (κ2) is 10.8. The molecule has 31 heavy (non-hydrogen) atoms. The number of rotatable bonds is 7. The van der Waals surface area contributed by atoms with E-state index in [9.17, 15) is 18.0 Å². The predicted octanol–water partition coefficient (Wildman–Crippen LogP) is 2.75. The molecule has 2 atom stereocenters. The van der Waals surface area contributed by atoms with E-state index in [0.29, 0.717) is 19.7 Å². The van der Waals surface area contributed by atoms with Gasteiger partial charge in [-0.05, 0) is 50.8 Å². The lowest BCUT2D eigenvalue weighted by atomic mass is 10.2. The van der Waals surface area contributed by atoms with Crippen molar-refractivity contribution in [2.24, 2.45) is 0 Å². The summed E-state index contributed by atoms with van der Waals surface area (Å²) < 4.78 is 38.6. The number of halogens is 1. The lowest BCUT2D eigenvalue weighted by molar-refractivity contribution is -0.139. The van der Waals surface area contributed by atoms with Crippen molar-refractivity contribution in [3.63, 3.8) is 0 Å². The highest BCUT2D eigenvalue weighted by atomic mass is 35.5. The molecule has 2 fully saturated rings. The van der Waals surface area contributed by atoms with Crippen molar-refractivity contribution in [1.82, 2.24) is 9.62 Å². The summed E-state index contributed by atoms with van der Waals surface area (Å²) in [4.78, 5) is 26.7. The van der Waals surface area contributed by atoms with E-state index in [1.165, 1.54) is 25.1 Å². The molecule has 2 saturated heterocycles. The molecule has 1 N–H and O–H groups in total. The Balaban J connectivity index is 1.66. The summed E-state index contributed by atoms with van der Waals surface area (Å²) in [5, 5.41) is -0.00918. The molecule has 8 nitrogen and oxygen atoms in total. The Labute approximate surface area is 188 Å². The van der Waals surface area contributed by atoms with Crippen LogP contribution in [0.15, 0.2) is 23.1 Å². The van der Waals surface area contributed by atoms with E-state index in [-0.39, 0.29) is 34.0 Å². The number of ether oxygens (including phenoxy) is 2. The Kier molecular flexibility index (Phi) is 8.32. The van der Waals surface area contributed by atoms with Crippen LogP contribution in [0.2, 0.25) is 5.02 Å². The molecule has 10 heteroatoms. The second-order valence-corrected chi connectivity index (χ2v) is 10.1. The molecule has 0 spiro atoms. The van der Waals surface area contributed by atoms with Crippen LogP contribution in [0.5, 0.6) is 0 Å². The molecule has 1 amide bonds. The van der Waals surface area contributed by atoms with Crippen molar-refractivity contribution in [2.75, 3.05) is 26.2 Å². The number of likely N-dealkylation sites (tertiary alicyclic amines) is 1. The van der Waals surface area contributed by atoms with E-state index >= 15 is 0 Å². The van der Waals surface area contributed by atoms with Gasteiger partial charge in [-0.25, -0.2) is 17.9 Å². The summed E-state index contributed by atoms with van der Waals surface area (Å²) in [5.41, 5.74) is 0.0115. The average molecular weight is 473 g/mol. The van der Waals surface area contributed by atoms with Gasteiger partial charge >= 0.3 is 5.97 Å². The Hall–Kier alpha value is -1.68. The van der Waals surface area contributed by atoms with E-state index in [0.717, 1.165) is 38.5 Å². The van der Waals surface area contributed by atoms with Crippen molar-refractivity contribution < 1.29 is 27.5 Å². The van der Waals surface area contributed by atoms with Crippen LogP contribution in [0.1, 0.15) is 55.8 Å². The van der Waals surface area contributed by atoms with Crippen LogP contribution in [-0.4, -0.2) is 63.6 Å². The molecular formula is C21H29ClN2O6S. The molecule has 0 radical (unpaired) electrons. The summed E-state index contributed by atoms with van der Waals surface area (Å²) in [6.07, 6.45) is 4.58. The third-order valence-corrected chi connectivity index (χ3v) is 7.44. The van der Waals surface area contributed by atoms with Crippen molar-refractivity contribution in [2.45, 2.75) is 62.6 Å². The molecule has 2 aliphatic heterocycles. The number of amides is 1. The normalized spacial score (nSPS) is 20.8. The van der Waals surface area contributed by atoms with Crippen molar-refractivity contribution >= 4 is 33.5 Å². The molecule has 2 unspecified atom stereocenters. The van der Waals surface area contributed by atoms with Crippen LogP contribution in [0.3, 0.4) is 0 Å². The number of carbonyl (C=O) groups is 2. The summed E-state index contributed by atoms with van der Waals surface area (Å²) in [6.45, 7) is 3.58. The van der Waals surface area contributed by atoms with Gasteiger partial charge < -0.3 is 14.4 Å². The minimum absolute atomic E-state index is 0.00918. The summed E-state index contributed by atoms with van der Waals surface area (Å²) in [7, 11) is -3.95. The van der Waals surface area contributed by atoms with Gasteiger partial charge in [0.2, 0.25) is 10.0 Å². The smallest absolute Gasteiger partial charge is 0.338 e. The monoisotopic (exact) mass is 472 g/mol. The summed E-state index contributed by atoms with van der Waals surface area (Å²) in [6, 6.07) is 3.89. The zero-order chi connectivity index (χ0) is 22.4. The first-order valence-electron chi connectivity index (χ1n) is 10.7. The van der Waals surface area contributed by atoms with Crippen LogP contribution < -0.4 is 4.72 Å². The quantitative estimate of drug-likeness (QED) is 0.612. The van der Waals surface area contributed by atoms with Gasteiger partial charge in [-0.15, -0.1) is 0 Å². The van der Waals surface area contributed by atoms with E-state index in [2.05, 4.69) is 4.72 Å². The first-order valence-corrected chi connectivity index (χ1v) is 12.5. The molecule has 0 aromatic heterocycles. The summed E-state index contributed by atoms with van der Waals surface area (Å²) >= 11 is 6.09. The molecule has 0 bridgehead atoms. The average Bonchev–Trinajstić information content (AvgIpc) is 3.12. The van der Waals surface area contributed by atoms with E-state index in [1.54, 1.807) is 4.90 Å². The van der Waals surface area contributed by atoms with Crippen LogP contribution in [-0.2, 0) is 24.3 Å². The molecule has 1 aromatic rings. The van der Waals surface area contributed by atoms with Crippen LogP contribution >= 0.6 is 11.6 Å². The molecule has 0 saturated carbocycles. The van der Waals surface area contributed by atoms with Crippen molar-refractivity contribution in [3.05, 3.63) is 28.8 Å². The van der Waals surface area contributed by atoms with Gasteiger partial charge in [-0.1, -0.05) is 24.4 Å². The lowest BCUT2D eigenvalue weighted by Gasteiger charge is -2.24. The van der Waals surface area contributed by atoms with Crippen LogP contribution in [0.25, 0.3) is 0 Å². The molecule has 2 aliphatic rings. The fraction of sp³-hybridized carbons (Fsp3) is 0.619. The maximum Gasteiger partial charge on any atom is 0.338 e. The van der Waals surface area contributed by atoms with Gasteiger partial charge in [0.25, 0.3) is 5.91 Å². The molecule has 0 aliphatic carbocycles. The number of nitrogens with zero attached hydrogens (tertiary/aromatic N) is 1. The Morgan fingerprint density at radius 2 is 1.94 bits per heavy atom. The molecule has 1 aromatic carbocycles. The fourth-order valence-electron chi connectivity index (χ4n) is 3.75. The number of nitrogens with one attached hydrogen (secondary N) is 1. The molecule has 172 valence electrons. The zero-order valence-electron chi connectivity index (χ0n) is 17.6. The maximum absolute atomic E-state index is 12.7. The first kappa shape index (κ1) is 24.0. The van der Waals surface area contributed by atoms with E-state index in [1.807, 2.05) is 0 Å². The Bertz CT molecular complexity index is 893. The van der Waals surface area contributed by atoms with Crippen LogP contribution in [0, 0.1) is 0 Å². The van der Waals surface area contributed by atoms with Gasteiger partial charge in [0.1, 0.15) is 4.90 Å². The second-order valence-electron chi connectivity index (χ2n) is 7.92. The van der Waals surface area contributed by atoms with Crippen LogP contribution in [0.4, 0.5) is 0 Å². The number of carbonyl (C=O) groups excluding carboxylic acids is 2. The van der Waals surface area contributed by atoms with E-state index in [4.69, 9.17) is 21.1 Å². The maximum atomic E-state index is 12.7. The molecular weight excluding hydrogens is 444 g/mol. The third-order valence-electron chi connectivity index (χ3n) is 5.53. The highest BCUT2D eigenvalue weighted by Gasteiger charge is 2.27. The first-order chi connectivity index (χ1) is 14.8. The topological polar surface area (TPSA) is 102 Å². The number of hydrogen-bond acceptors (Lipinski definition) is 6. The van der Waals surface area contributed by atoms with Gasteiger partial charge in [0, 0.05) is 26.2 Å². The highest BCUT2D eigenvalue weighted by molar-refractivity contribution is 7.89. The molecule has 3 rings (SSSR count). The Morgan fingerprint density at radius 1 is 1.23 bits per heavy atom. The van der Waals surface area contributed by atoms with Gasteiger partial charge in [0.15, 0.2) is 6.10 Å². The number of hydrogen-bond donors (Lipinski definition) is 1. The van der Waals surface area contributed by atoms with E-state index < -0.39 is 22.1 Å². The van der Waals surface area contributed by atoms with Gasteiger partial charge in [-0.2, -0.15) is 0 Å². The van der Waals surface area contributed by atoms with Gasteiger partial charge in [0.05, 0.1) is 16.7 Å².